The average Bonchev–Trinajstić information content (AvgIpc) is 2.70. The zero-order valence-corrected chi connectivity index (χ0v) is 8.57. The van der Waals surface area contributed by atoms with Gasteiger partial charge in [0.25, 0.3) is 0 Å². The van der Waals surface area contributed by atoms with Crippen LogP contribution < -0.4 is 10.5 Å². The SMILES string of the molecule is NC(Cc1c(F)ccc2c1CCO2)C(=O)O. The normalized spacial score (nSPS) is 15.4. The van der Waals surface area contributed by atoms with Crippen molar-refractivity contribution in [2.75, 3.05) is 6.61 Å². The zero-order chi connectivity index (χ0) is 11.7. The van der Waals surface area contributed by atoms with E-state index in [0.29, 0.717) is 24.3 Å². The molecule has 2 rings (SSSR count). The van der Waals surface area contributed by atoms with Gasteiger partial charge >= 0.3 is 5.97 Å². The van der Waals surface area contributed by atoms with Crippen LogP contribution in [0.1, 0.15) is 11.1 Å². The van der Waals surface area contributed by atoms with Gasteiger partial charge in [-0.15, -0.1) is 0 Å². The standard InChI is InChI=1S/C11H12FNO3/c12-8-1-2-10-6(3-4-16-10)7(8)5-9(13)11(14)15/h1-2,9H,3-5,13H2,(H,14,15). The molecular formula is C11H12FNO3. The molecule has 16 heavy (non-hydrogen) atoms. The van der Waals surface area contributed by atoms with Crippen LogP contribution in [0.2, 0.25) is 0 Å². The van der Waals surface area contributed by atoms with Crippen molar-refractivity contribution in [3.8, 4) is 5.75 Å². The predicted octanol–water partition coefficient (Wildman–Crippen LogP) is 0.715. The van der Waals surface area contributed by atoms with Crippen LogP contribution in [-0.4, -0.2) is 23.7 Å². The Morgan fingerprint density at radius 2 is 2.38 bits per heavy atom. The monoisotopic (exact) mass is 225 g/mol. The molecule has 86 valence electrons. The average molecular weight is 225 g/mol. The summed E-state index contributed by atoms with van der Waals surface area (Å²) in [5.41, 5.74) is 6.52. The second kappa shape index (κ2) is 4.09. The lowest BCUT2D eigenvalue weighted by atomic mass is 9.98. The molecule has 0 aliphatic carbocycles. The Kier molecular flexibility index (Phi) is 2.78. The topological polar surface area (TPSA) is 72.5 Å². The minimum Gasteiger partial charge on any atom is -0.493 e. The van der Waals surface area contributed by atoms with Crippen LogP contribution in [0.3, 0.4) is 0 Å². The number of aliphatic carboxylic acids is 1. The van der Waals surface area contributed by atoms with Crippen LogP contribution in [0, 0.1) is 5.82 Å². The van der Waals surface area contributed by atoms with Crippen molar-refractivity contribution in [3.63, 3.8) is 0 Å². The van der Waals surface area contributed by atoms with E-state index in [2.05, 4.69) is 0 Å². The fourth-order valence-electron chi connectivity index (χ4n) is 1.84. The number of carbonyl (C=O) groups is 1. The summed E-state index contributed by atoms with van der Waals surface area (Å²) in [4.78, 5) is 10.6. The first kappa shape index (κ1) is 10.9. The van der Waals surface area contributed by atoms with Crippen molar-refractivity contribution in [1.29, 1.82) is 0 Å². The first-order valence-electron chi connectivity index (χ1n) is 5.01. The minimum atomic E-state index is -1.13. The van der Waals surface area contributed by atoms with Crippen LogP contribution in [0.25, 0.3) is 0 Å². The highest BCUT2D eigenvalue weighted by molar-refractivity contribution is 5.73. The summed E-state index contributed by atoms with van der Waals surface area (Å²) in [6.45, 7) is 0.508. The number of halogens is 1. The van der Waals surface area contributed by atoms with Gasteiger partial charge in [0.15, 0.2) is 0 Å². The van der Waals surface area contributed by atoms with Gasteiger partial charge in [0.1, 0.15) is 17.6 Å². The van der Waals surface area contributed by atoms with Crippen LogP contribution in [0.15, 0.2) is 12.1 Å². The lowest BCUT2D eigenvalue weighted by molar-refractivity contribution is -0.138. The van der Waals surface area contributed by atoms with Crippen molar-refractivity contribution in [1.82, 2.24) is 0 Å². The van der Waals surface area contributed by atoms with Gasteiger partial charge in [0, 0.05) is 18.4 Å². The maximum atomic E-state index is 13.6. The van der Waals surface area contributed by atoms with E-state index in [1.165, 1.54) is 6.07 Å². The molecule has 1 unspecified atom stereocenters. The number of ether oxygens (including phenoxy) is 1. The molecule has 0 aromatic heterocycles. The number of benzene rings is 1. The summed E-state index contributed by atoms with van der Waals surface area (Å²) in [5.74, 6) is -0.911. The molecule has 1 aromatic rings. The van der Waals surface area contributed by atoms with E-state index in [1.54, 1.807) is 6.07 Å². The summed E-state index contributed by atoms with van der Waals surface area (Å²) >= 11 is 0. The molecule has 1 heterocycles. The lowest BCUT2D eigenvalue weighted by Crippen LogP contribution is -2.32. The smallest absolute Gasteiger partial charge is 0.320 e. The van der Waals surface area contributed by atoms with Crippen molar-refractivity contribution in [3.05, 3.63) is 29.1 Å². The Hall–Kier alpha value is -1.62. The lowest BCUT2D eigenvalue weighted by Gasteiger charge is -2.11. The van der Waals surface area contributed by atoms with E-state index in [4.69, 9.17) is 15.6 Å². The Morgan fingerprint density at radius 3 is 3.06 bits per heavy atom. The summed E-state index contributed by atoms with van der Waals surface area (Å²) in [5, 5.41) is 8.70. The molecule has 0 fully saturated rings. The van der Waals surface area contributed by atoms with Gasteiger partial charge in [-0.05, 0) is 17.7 Å². The third kappa shape index (κ3) is 1.86. The van der Waals surface area contributed by atoms with Crippen molar-refractivity contribution >= 4 is 5.97 Å². The summed E-state index contributed by atoms with van der Waals surface area (Å²) in [7, 11) is 0. The maximum absolute atomic E-state index is 13.6. The Labute approximate surface area is 91.8 Å². The van der Waals surface area contributed by atoms with Crippen LogP contribution in [0.5, 0.6) is 5.75 Å². The number of carboxylic acid groups (broad SMARTS) is 1. The molecule has 1 aromatic carbocycles. The van der Waals surface area contributed by atoms with E-state index in [-0.39, 0.29) is 6.42 Å². The van der Waals surface area contributed by atoms with E-state index in [0.717, 1.165) is 5.56 Å². The van der Waals surface area contributed by atoms with Gasteiger partial charge in [-0.25, -0.2) is 4.39 Å². The van der Waals surface area contributed by atoms with Gasteiger partial charge in [-0.1, -0.05) is 0 Å². The minimum absolute atomic E-state index is 0.00625. The second-order valence-corrected chi connectivity index (χ2v) is 3.75. The summed E-state index contributed by atoms with van der Waals surface area (Å²) < 4.78 is 18.8. The molecule has 1 aliphatic heterocycles. The predicted molar refractivity (Wildman–Crippen MR) is 54.9 cm³/mol. The zero-order valence-electron chi connectivity index (χ0n) is 8.57. The summed E-state index contributed by atoms with van der Waals surface area (Å²) in [6, 6.07) is 1.77. The van der Waals surface area contributed by atoms with E-state index in [1.807, 2.05) is 0 Å². The Morgan fingerprint density at radius 1 is 1.62 bits per heavy atom. The van der Waals surface area contributed by atoms with E-state index >= 15 is 0 Å². The molecule has 5 heteroatoms. The molecule has 0 spiro atoms. The quantitative estimate of drug-likeness (QED) is 0.794. The number of nitrogens with two attached hydrogens (primary N) is 1. The fraction of sp³-hybridized carbons (Fsp3) is 0.364. The highest BCUT2D eigenvalue weighted by Gasteiger charge is 2.23. The summed E-state index contributed by atoms with van der Waals surface area (Å²) in [6.07, 6.45) is 0.600. The van der Waals surface area contributed by atoms with Crippen LogP contribution in [-0.2, 0) is 17.6 Å². The highest BCUT2D eigenvalue weighted by Crippen LogP contribution is 2.30. The van der Waals surface area contributed by atoms with Gasteiger partial charge in [-0.3, -0.25) is 4.79 Å². The first-order valence-corrected chi connectivity index (χ1v) is 5.01. The molecular weight excluding hydrogens is 213 g/mol. The molecule has 0 radical (unpaired) electrons. The number of carboxylic acids is 1. The number of rotatable bonds is 3. The molecule has 0 saturated carbocycles. The first-order chi connectivity index (χ1) is 7.59. The molecule has 3 N–H and O–H groups in total. The van der Waals surface area contributed by atoms with E-state index in [9.17, 15) is 9.18 Å². The number of fused-ring (bicyclic) bond motifs is 1. The molecule has 1 atom stereocenters. The van der Waals surface area contributed by atoms with Crippen molar-refractivity contribution in [2.45, 2.75) is 18.9 Å². The molecule has 0 saturated heterocycles. The fourth-order valence-corrected chi connectivity index (χ4v) is 1.84. The molecule has 4 nitrogen and oxygen atoms in total. The van der Waals surface area contributed by atoms with Gasteiger partial charge in [-0.2, -0.15) is 0 Å². The largest absolute Gasteiger partial charge is 0.493 e. The van der Waals surface area contributed by atoms with Gasteiger partial charge < -0.3 is 15.6 Å². The van der Waals surface area contributed by atoms with E-state index < -0.39 is 17.8 Å². The van der Waals surface area contributed by atoms with Gasteiger partial charge in [0.2, 0.25) is 0 Å². The third-order valence-corrected chi connectivity index (χ3v) is 2.68. The maximum Gasteiger partial charge on any atom is 0.320 e. The number of hydrogen-bond acceptors (Lipinski definition) is 3. The molecule has 0 amide bonds. The van der Waals surface area contributed by atoms with Crippen molar-refractivity contribution in [2.24, 2.45) is 5.73 Å². The number of hydrogen-bond donors (Lipinski definition) is 2. The van der Waals surface area contributed by atoms with Crippen LogP contribution in [0.4, 0.5) is 4.39 Å². The molecule has 0 bridgehead atoms. The third-order valence-electron chi connectivity index (χ3n) is 2.68. The van der Waals surface area contributed by atoms with Gasteiger partial charge in [0.05, 0.1) is 6.61 Å². The van der Waals surface area contributed by atoms with Crippen LogP contribution >= 0.6 is 0 Å². The second-order valence-electron chi connectivity index (χ2n) is 3.75. The Bertz CT molecular complexity index is 433. The highest BCUT2D eigenvalue weighted by atomic mass is 19.1. The Balaban J connectivity index is 2.33. The van der Waals surface area contributed by atoms with Crippen molar-refractivity contribution < 1.29 is 19.0 Å². The molecule has 1 aliphatic rings.